The smallest absolute Gasteiger partial charge is 0.128 e. The van der Waals surface area contributed by atoms with Crippen molar-refractivity contribution in [1.82, 2.24) is 4.90 Å². The van der Waals surface area contributed by atoms with E-state index < -0.39 is 0 Å². The molecule has 0 spiro atoms. The summed E-state index contributed by atoms with van der Waals surface area (Å²) >= 11 is 0. The molecule has 0 aliphatic rings. The summed E-state index contributed by atoms with van der Waals surface area (Å²) in [5.41, 5.74) is 2.40. The molecule has 164 valence electrons. The number of rotatable bonds is 17. The third-order valence-electron chi connectivity index (χ3n) is 6.16. The molecule has 0 aliphatic carbocycles. The molecule has 0 rings (SSSR count). The third-order valence-corrected chi connectivity index (χ3v) is 6.16. The predicted molar refractivity (Wildman–Crippen MR) is 125 cm³/mol. The van der Waals surface area contributed by atoms with Gasteiger partial charge in [-0.3, -0.25) is 0 Å². The molecule has 0 aromatic rings. The van der Waals surface area contributed by atoms with E-state index in [-0.39, 0.29) is 5.57 Å². The predicted octanol–water partition coefficient (Wildman–Crippen LogP) is 7.77. The Labute approximate surface area is 181 Å². The molecule has 2 unspecified atom stereocenters. The number of nitrogens with zero attached hydrogens (tertiary/aromatic N) is 3. The number of allylic oxidation sites excluding steroid dienone is 3. The molecule has 0 saturated heterocycles. The van der Waals surface area contributed by atoms with Crippen LogP contribution in [0.1, 0.15) is 105 Å². The molecule has 0 amide bonds. The van der Waals surface area contributed by atoms with Gasteiger partial charge in [0.05, 0.1) is 0 Å². The molecule has 29 heavy (non-hydrogen) atoms. The van der Waals surface area contributed by atoms with Crippen molar-refractivity contribution in [1.29, 1.82) is 10.5 Å². The van der Waals surface area contributed by atoms with E-state index in [2.05, 4.69) is 39.2 Å². The first-order chi connectivity index (χ1) is 14.0. The van der Waals surface area contributed by atoms with Crippen LogP contribution in [-0.4, -0.2) is 18.0 Å². The van der Waals surface area contributed by atoms with Gasteiger partial charge in [-0.15, -0.1) is 0 Å². The molecular weight excluding hydrogens is 354 g/mol. The molecular formula is C26H45N3. The van der Waals surface area contributed by atoms with Crippen LogP contribution in [0.25, 0.3) is 0 Å². The van der Waals surface area contributed by atoms with Crippen molar-refractivity contribution in [3.63, 3.8) is 0 Å². The number of nitriles is 2. The van der Waals surface area contributed by atoms with Crippen LogP contribution in [0.3, 0.4) is 0 Å². The molecule has 0 radical (unpaired) electrons. The maximum atomic E-state index is 9.03. The average molecular weight is 400 g/mol. The van der Waals surface area contributed by atoms with Crippen molar-refractivity contribution < 1.29 is 0 Å². The Bertz CT molecular complexity index is 527. The minimum absolute atomic E-state index is 0.267. The summed E-state index contributed by atoms with van der Waals surface area (Å²) in [4.78, 5) is 2.57. The van der Waals surface area contributed by atoms with Gasteiger partial charge in [-0.1, -0.05) is 72.8 Å². The van der Waals surface area contributed by atoms with Gasteiger partial charge in [0.15, 0.2) is 0 Å². The van der Waals surface area contributed by atoms with Crippen LogP contribution in [-0.2, 0) is 0 Å². The Morgan fingerprint density at radius 2 is 1.31 bits per heavy atom. The zero-order valence-electron chi connectivity index (χ0n) is 19.9. The summed E-state index contributed by atoms with van der Waals surface area (Å²) in [6.07, 6.45) is 12.9. The molecule has 0 saturated carbocycles. The lowest BCUT2D eigenvalue weighted by Gasteiger charge is -2.34. The quantitative estimate of drug-likeness (QED) is 0.235. The van der Waals surface area contributed by atoms with Crippen LogP contribution in [0.5, 0.6) is 0 Å². The van der Waals surface area contributed by atoms with E-state index in [9.17, 15) is 0 Å². The first-order valence-electron chi connectivity index (χ1n) is 11.9. The van der Waals surface area contributed by atoms with E-state index in [4.69, 9.17) is 10.5 Å². The van der Waals surface area contributed by atoms with E-state index in [0.29, 0.717) is 0 Å². The summed E-state index contributed by atoms with van der Waals surface area (Å²) in [5.74, 6) is 1.47. The SMILES string of the molecule is C=C(CCCC(C)=C(C#N)C#N)N(CC(CC)CCCC)CC(CC)CCCC. The molecule has 3 heteroatoms. The lowest BCUT2D eigenvalue weighted by atomic mass is 9.95. The minimum atomic E-state index is 0.267. The van der Waals surface area contributed by atoms with Crippen molar-refractivity contribution in [3.8, 4) is 12.1 Å². The normalized spacial score (nSPS) is 12.5. The van der Waals surface area contributed by atoms with Gasteiger partial charge in [0.1, 0.15) is 17.7 Å². The molecule has 0 N–H and O–H groups in total. The summed E-state index contributed by atoms with van der Waals surface area (Å²) < 4.78 is 0. The summed E-state index contributed by atoms with van der Waals surface area (Å²) in [7, 11) is 0. The Morgan fingerprint density at radius 3 is 1.69 bits per heavy atom. The monoisotopic (exact) mass is 399 g/mol. The Kier molecular flexibility index (Phi) is 16.1. The van der Waals surface area contributed by atoms with Crippen molar-refractivity contribution in [3.05, 3.63) is 23.4 Å². The van der Waals surface area contributed by atoms with E-state index in [1.54, 1.807) is 0 Å². The van der Waals surface area contributed by atoms with Gasteiger partial charge in [0.2, 0.25) is 0 Å². The largest absolute Gasteiger partial charge is 0.375 e. The molecule has 0 aromatic carbocycles. The fourth-order valence-electron chi connectivity index (χ4n) is 3.85. The zero-order valence-corrected chi connectivity index (χ0v) is 19.9. The average Bonchev–Trinajstić information content (AvgIpc) is 2.73. The second-order valence-corrected chi connectivity index (χ2v) is 8.54. The summed E-state index contributed by atoms with van der Waals surface area (Å²) in [5, 5.41) is 18.1. The molecule has 0 aliphatic heterocycles. The fourth-order valence-corrected chi connectivity index (χ4v) is 3.85. The second kappa shape index (κ2) is 17.1. The highest BCUT2D eigenvalue weighted by Crippen LogP contribution is 2.24. The third kappa shape index (κ3) is 11.8. The van der Waals surface area contributed by atoms with E-state index in [0.717, 1.165) is 49.8 Å². The minimum Gasteiger partial charge on any atom is -0.375 e. The summed E-state index contributed by atoms with van der Waals surface area (Å²) in [6.45, 7) is 17.8. The lowest BCUT2D eigenvalue weighted by molar-refractivity contribution is 0.217. The first kappa shape index (κ1) is 27.3. The van der Waals surface area contributed by atoms with Gasteiger partial charge in [-0.05, 0) is 56.4 Å². The van der Waals surface area contributed by atoms with Gasteiger partial charge < -0.3 is 4.90 Å². The Balaban J connectivity index is 5.05. The molecule has 0 aromatic heterocycles. The highest BCUT2D eigenvalue weighted by molar-refractivity contribution is 5.39. The van der Waals surface area contributed by atoms with E-state index in [1.807, 2.05) is 19.1 Å². The summed E-state index contributed by atoms with van der Waals surface area (Å²) in [6, 6.07) is 4.01. The van der Waals surface area contributed by atoms with Crippen LogP contribution < -0.4 is 0 Å². The zero-order chi connectivity index (χ0) is 22.1. The Hall–Kier alpha value is -1.74. The molecule has 3 nitrogen and oxygen atoms in total. The standard InChI is InChI=1S/C26H45N3/c1-7-11-16-24(9-3)20-29(21-25(10-4)17-12-8-2)23(6)15-13-14-22(5)26(18-27)19-28/h24-25H,6-17,20-21H2,1-5H3. The topological polar surface area (TPSA) is 50.8 Å². The maximum absolute atomic E-state index is 9.03. The van der Waals surface area contributed by atoms with Crippen LogP contribution in [0.2, 0.25) is 0 Å². The van der Waals surface area contributed by atoms with Gasteiger partial charge in [-0.25, -0.2) is 0 Å². The highest BCUT2D eigenvalue weighted by atomic mass is 15.1. The lowest BCUT2D eigenvalue weighted by Crippen LogP contribution is -2.33. The van der Waals surface area contributed by atoms with Crippen molar-refractivity contribution >= 4 is 0 Å². The van der Waals surface area contributed by atoms with Crippen LogP contribution in [0, 0.1) is 34.5 Å². The van der Waals surface area contributed by atoms with Crippen LogP contribution in [0.4, 0.5) is 0 Å². The fraction of sp³-hybridized carbons (Fsp3) is 0.769. The van der Waals surface area contributed by atoms with Gasteiger partial charge in [-0.2, -0.15) is 10.5 Å². The van der Waals surface area contributed by atoms with Gasteiger partial charge >= 0.3 is 0 Å². The number of hydrogen-bond donors (Lipinski definition) is 0. The van der Waals surface area contributed by atoms with Crippen LogP contribution >= 0.6 is 0 Å². The van der Waals surface area contributed by atoms with Crippen LogP contribution in [0.15, 0.2) is 23.4 Å². The first-order valence-corrected chi connectivity index (χ1v) is 11.9. The maximum Gasteiger partial charge on any atom is 0.128 e. The van der Waals surface area contributed by atoms with Crippen molar-refractivity contribution in [2.24, 2.45) is 11.8 Å². The van der Waals surface area contributed by atoms with Gasteiger partial charge in [0, 0.05) is 18.8 Å². The van der Waals surface area contributed by atoms with E-state index in [1.165, 1.54) is 57.1 Å². The highest BCUT2D eigenvalue weighted by Gasteiger charge is 2.18. The Morgan fingerprint density at radius 1 is 0.828 bits per heavy atom. The van der Waals surface area contributed by atoms with E-state index >= 15 is 0 Å². The van der Waals surface area contributed by atoms with Gasteiger partial charge in [0.25, 0.3) is 0 Å². The molecule has 0 fully saturated rings. The number of hydrogen-bond acceptors (Lipinski definition) is 3. The van der Waals surface area contributed by atoms with Crippen molar-refractivity contribution in [2.45, 2.75) is 105 Å². The molecule has 0 heterocycles. The molecule has 0 bridgehead atoms. The second-order valence-electron chi connectivity index (χ2n) is 8.54. The van der Waals surface area contributed by atoms with Crippen molar-refractivity contribution in [2.75, 3.05) is 13.1 Å². The number of unbranched alkanes of at least 4 members (excludes halogenated alkanes) is 2. The molecule has 2 atom stereocenters.